The van der Waals surface area contributed by atoms with Gasteiger partial charge in [0, 0.05) is 49.1 Å². The van der Waals surface area contributed by atoms with Crippen LogP contribution < -0.4 is 10.2 Å². The molecule has 0 saturated carbocycles. The molecule has 0 aromatic heterocycles. The SMILES string of the molecule is [2H]C1([2H])N(c2cc(F)c3c(c2)C(=O)N([C@H]2CCC(=O)NC2=O)C3=O)C([2H])([2H])C([2H])([2H])N(C(C)(C)C)C1([2H])[2H]. The van der Waals surface area contributed by atoms with Crippen molar-refractivity contribution in [1.82, 2.24) is 15.1 Å². The third kappa shape index (κ3) is 3.36. The molecule has 3 aliphatic heterocycles. The average molecular weight is 425 g/mol. The first-order chi connectivity index (χ1) is 17.1. The number of amides is 4. The van der Waals surface area contributed by atoms with Crippen LogP contribution >= 0.6 is 0 Å². The van der Waals surface area contributed by atoms with Gasteiger partial charge in [0.15, 0.2) is 0 Å². The standard InChI is InChI=1S/C21H25FN4O4/c1-21(2,3)25-8-6-24(7-9-25)12-10-13-17(14(22)11-12)20(30)26(19(13)29)15-4-5-16(27)23-18(15)28/h10-11,15H,4-9H2,1-3H3,(H,23,27,28)/t15-/m0/s1/i6D2,7D2,8D2,9D2. The van der Waals surface area contributed by atoms with Crippen LogP contribution in [0.4, 0.5) is 10.1 Å². The van der Waals surface area contributed by atoms with E-state index in [0.29, 0.717) is 15.9 Å². The van der Waals surface area contributed by atoms with E-state index < -0.39 is 83.8 Å². The zero-order chi connectivity index (χ0) is 29.0. The van der Waals surface area contributed by atoms with Gasteiger partial charge in [0.1, 0.15) is 11.9 Å². The molecule has 3 aliphatic rings. The van der Waals surface area contributed by atoms with Gasteiger partial charge >= 0.3 is 0 Å². The highest BCUT2D eigenvalue weighted by Gasteiger charge is 2.46. The van der Waals surface area contributed by atoms with E-state index in [2.05, 4.69) is 0 Å². The van der Waals surface area contributed by atoms with Gasteiger partial charge in [-0.15, -0.1) is 0 Å². The quantitative estimate of drug-likeness (QED) is 0.717. The summed E-state index contributed by atoms with van der Waals surface area (Å²) in [5.41, 5.74) is -3.54. The zero-order valence-corrected chi connectivity index (χ0v) is 16.5. The maximum Gasteiger partial charge on any atom is 0.265 e. The number of nitrogens with one attached hydrogen (secondary N) is 1. The molecule has 2 saturated heterocycles. The number of piperazine rings is 1. The molecule has 3 heterocycles. The zero-order valence-electron chi connectivity index (χ0n) is 24.5. The summed E-state index contributed by atoms with van der Waals surface area (Å²) in [4.78, 5) is 50.9. The lowest BCUT2D eigenvalue weighted by atomic mass is 10.0. The molecule has 1 atom stereocenters. The molecule has 30 heavy (non-hydrogen) atoms. The van der Waals surface area contributed by atoms with Gasteiger partial charge in [0.05, 0.1) is 16.6 Å². The first-order valence-electron chi connectivity index (χ1n) is 13.3. The molecular formula is C21H25FN4O4. The van der Waals surface area contributed by atoms with E-state index >= 15 is 4.39 Å². The largest absolute Gasteiger partial charge is 0.369 e. The Kier molecular flexibility index (Phi) is 3.05. The minimum atomic E-state index is -3.33. The summed E-state index contributed by atoms with van der Waals surface area (Å²) in [6.07, 6.45) is -0.384. The number of benzene rings is 1. The van der Waals surface area contributed by atoms with E-state index in [9.17, 15) is 19.2 Å². The van der Waals surface area contributed by atoms with Crippen molar-refractivity contribution < 1.29 is 34.5 Å². The maximum atomic E-state index is 15.4. The van der Waals surface area contributed by atoms with E-state index in [1.165, 1.54) is 20.8 Å². The van der Waals surface area contributed by atoms with Crippen LogP contribution in [0.2, 0.25) is 0 Å². The fourth-order valence-electron chi connectivity index (χ4n) is 3.38. The van der Waals surface area contributed by atoms with Gasteiger partial charge in [-0.1, -0.05) is 0 Å². The summed E-state index contributed by atoms with van der Waals surface area (Å²) in [7, 11) is 0. The molecule has 160 valence electrons. The smallest absolute Gasteiger partial charge is 0.265 e. The Morgan fingerprint density at radius 2 is 1.73 bits per heavy atom. The van der Waals surface area contributed by atoms with Gasteiger partial charge in [0.25, 0.3) is 11.8 Å². The number of halogens is 1. The van der Waals surface area contributed by atoms with Crippen molar-refractivity contribution in [3.05, 3.63) is 29.1 Å². The molecule has 2 fully saturated rings. The third-order valence-corrected chi connectivity index (χ3v) is 4.95. The molecule has 4 amide bonds. The second kappa shape index (κ2) is 7.16. The molecule has 0 bridgehead atoms. The number of rotatable bonds is 2. The lowest BCUT2D eigenvalue weighted by Gasteiger charge is -2.43. The summed E-state index contributed by atoms with van der Waals surface area (Å²) >= 11 is 0. The van der Waals surface area contributed by atoms with Gasteiger partial charge in [-0.05, 0) is 39.3 Å². The topological polar surface area (TPSA) is 90.0 Å². The predicted octanol–water partition coefficient (Wildman–Crippen LogP) is 1.15. The van der Waals surface area contributed by atoms with Crippen molar-refractivity contribution in [2.75, 3.05) is 30.9 Å². The van der Waals surface area contributed by atoms with Crippen LogP contribution in [0, 0.1) is 5.82 Å². The molecule has 0 aliphatic carbocycles. The number of hydrogen-bond donors (Lipinski definition) is 1. The minimum absolute atomic E-state index is 0.0952. The predicted molar refractivity (Wildman–Crippen MR) is 107 cm³/mol. The maximum absolute atomic E-state index is 15.4. The van der Waals surface area contributed by atoms with Crippen molar-refractivity contribution in [2.45, 2.75) is 45.2 Å². The van der Waals surface area contributed by atoms with Crippen LogP contribution in [0.5, 0.6) is 0 Å². The second-order valence-corrected chi connectivity index (χ2v) is 8.09. The first-order valence-corrected chi connectivity index (χ1v) is 9.26. The number of carbonyl (C=O) groups is 4. The minimum Gasteiger partial charge on any atom is -0.369 e. The Hall–Kier alpha value is -2.81. The number of fused-ring (bicyclic) bond motifs is 1. The number of hydrogen-bond acceptors (Lipinski definition) is 6. The Bertz CT molecular complexity index is 1250. The number of carbonyl (C=O) groups excluding carboxylic acids is 4. The van der Waals surface area contributed by atoms with E-state index in [0.717, 1.165) is 6.07 Å². The molecule has 4 rings (SSSR count). The first kappa shape index (κ1) is 12.8. The monoisotopic (exact) mass is 424 g/mol. The van der Waals surface area contributed by atoms with Crippen molar-refractivity contribution in [2.24, 2.45) is 0 Å². The van der Waals surface area contributed by atoms with Crippen LogP contribution in [0.25, 0.3) is 0 Å². The lowest BCUT2D eigenvalue weighted by Crippen LogP contribution is -2.54. The molecular weight excluding hydrogens is 391 g/mol. The normalized spacial score (nSPS) is 33.8. The molecule has 0 spiro atoms. The Balaban J connectivity index is 1.87. The highest BCUT2D eigenvalue weighted by molar-refractivity contribution is 6.23. The van der Waals surface area contributed by atoms with Crippen molar-refractivity contribution >= 4 is 29.3 Å². The fraction of sp³-hybridized carbons (Fsp3) is 0.524. The van der Waals surface area contributed by atoms with Crippen molar-refractivity contribution in [3.63, 3.8) is 0 Å². The van der Waals surface area contributed by atoms with Crippen molar-refractivity contribution in [3.8, 4) is 0 Å². The van der Waals surface area contributed by atoms with E-state index in [1.54, 1.807) is 0 Å². The summed E-state index contributed by atoms with van der Waals surface area (Å²) in [6, 6.07) is -0.120. The van der Waals surface area contributed by atoms with E-state index in [4.69, 9.17) is 11.0 Å². The molecule has 0 unspecified atom stereocenters. The third-order valence-electron chi connectivity index (χ3n) is 4.95. The Labute approximate surface area is 185 Å². The second-order valence-electron chi connectivity index (χ2n) is 8.09. The Morgan fingerprint density at radius 1 is 1.07 bits per heavy atom. The highest BCUT2D eigenvalue weighted by atomic mass is 19.1. The van der Waals surface area contributed by atoms with Gasteiger partial charge in [-0.25, -0.2) is 4.39 Å². The number of anilines is 1. The fourth-order valence-corrected chi connectivity index (χ4v) is 3.38. The summed E-state index contributed by atoms with van der Waals surface area (Å²) in [5, 5.41) is 1.99. The van der Waals surface area contributed by atoms with E-state index in [1.807, 2.05) is 5.32 Å². The molecule has 8 nitrogen and oxygen atoms in total. The average Bonchev–Trinajstić information content (AvgIpc) is 2.96. The van der Waals surface area contributed by atoms with Gasteiger partial charge < -0.3 is 4.90 Å². The van der Waals surface area contributed by atoms with E-state index in [-0.39, 0.29) is 17.7 Å². The van der Waals surface area contributed by atoms with Gasteiger partial charge in [-0.2, -0.15) is 0 Å². The molecule has 1 aromatic carbocycles. The highest BCUT2D eigenvalue weighted by Crippen LogP contribution is 2.33. The summed E-state index contributed by atoms with van der Waals surface area (Å²) in [5.74, 6) is -5.27. The summed E-state index contributed by atoms with van der Waals surface area (Å²) in [6.45, 7) is -8.88. The van der Waals surface area contributed by atoms with Crippen LogP contribution in [-0.4, -0.2) is 71.0 Å². The van der Waals surface area contributed by atoms with Crippen LogP contribution in [0.15, 0.2) is 12.1 Å². The Morgan fingerprint density at radius 3 is 2.33 bits per heavy atom. The molecule has 1 aromatic rings. The lowest BCUT2D eigenvalue weighted by molar-refractivity contribution is -0.136. The summed E-state index contributed by atoms with van der Waals surface area (Å²) < 4.78 is 83.7. The molecule has 9 heteroatoms. The van der Waals surface area contributed by atoms with Gasteiger partial charge in [-0.3, -0.25) is 34.3 Å². The van der Waals surface area contributed by atoms with Crippen LogP contribution in [0.3, 0.4) is 0 Å². The molecule has 1 N–H and O–H groups in total. The number of piperidine rings is 1. The molecule has 0 radical (unpaired) electrons. The van der Waals surface area contributed by atoms with Crippen LogP contribution in [0.1, 0.15) is 65.3 Å². The number of nitrogens with zero attached hydrogens (tertiary/aromatic N) is 3. The van der Waals surface area contributed by atoms with Crippen LogP contribution in [-0.2, 0) is 9.59 Å². The van der Waals surface area contributed by atoms with Gasteiger partial charge in [0.2, 0.25) is 11.8 Å². The number of imide groups is 2. The van der Waals surface area contributed by atoms with Crippen molar-refractivity contribution in [1.29, 1.82) is 0 Å².